The minimum atomic E-state index is -0.347. The summed E-state index contributed by atoms with van der Waals surface area (Å²) >= 11 is 3.13. The van der Waals surface area contributed by atoms with Gasteiger partial charge < -0.3 is 15.0 Å². The van der Waals surface area contributed by atoms with Gasteiger partial charge >= 0.3 is 6.03 Å². The number of methoxy groups -OCH3 is 1. The van der Waals surface area contributed by atoms with Crippen LogP contribution in [0.5, 0.6) is 5.75 Å². The van der Waals surface area contributed by atoms with Gasteiger partial charge in [0.2, 0.25) is 0 Å². The molecule has 0 saturated carbocycles. The topological polar surface area (TPSA) is 87.7 Å². The van der Waals surface area contributed by atoms with E-state index in [1.165, 1.54) is 11.3 Å². The third kappa shape index (κ3) is 4.48. The molecule has 2 aliphatic heterocycles. The number of piperidine rings is 1. The molecule has 0 unspecified atom stereocenters. The SMILES string of the molecule is Bc1ccc2c(c1)C(=O)CC1(CCN(C(=O)c3c(NC(=O)NCC)sc4c(OC)cccc34)CC1)S2. The van der Waals surface area contributed by atoms with Crippen LogP contribution in [0.1, 0.15) is 46.9 Å². The van der Waals surface area contributed by atoms with Gasteiger partial charge in [-0.1, -0.05) is 29.7 Å². The van der Waals surface area contributed by atoms with E-state index in [4.69, 9.17) is 4.74 Å². The Labute approximate surface area is 219 Å². The molecule has 0 radical (unpaired) electrons. The van der Waals surface area contributed by atoms with E-state index in [-0.39, 0.29) is 22.5 Å². The molecular weight excluding hydrogens is 493 g/mol. The Balaban J connectivity index is 1.40. The number of likely N-dealkylation sites (tertiary alicyclic amines) is 1. The van der Waals surface area contributed by atoms with Crippen molar-refractivity contribution >= 4 is 69.2 Å². The maximum Gasteiger partial charge on any atom is 0.319 e. The van der Waals surface area contributed by atoms with Crippen molar-refractivity contribution in [3.05, 3.63) is 47.5 Å². The van der Waals surface area contributed by atoms with Crippen molar-refractivity contribution in [3.63, 3.8) is 0 Å². The van der Waals surface area contributed by atoms with Crippen molar-refractivity contribution in [1.29, 1.82) is 0 Å². The van der Waals surface area contributed by atoms with Gasteiger partial charge in [-0.2, -0.15) is 0 Å². The highest BCUT2D eigenvalue weighted by Gasteiger charge is 2.43. The molecule has 7 nitrogen and oxygen atoms in total. The number of Topliss-reactive ketones (excluding diaryl/α,β-unsaturated/α-hetero) is 1. The number of carbonyl (C=O) groups is 3. The van der Waals surface area contributed by atoms with Crippen LogP contribution in [0.25, 0.3) is 10.1 Å². The number of nitrogens with zero attached hydrogens (tertiary/aromatic N) is 1. The van der Waals surface area contributed by atoms with Gasteiger partial charge in [0, 0.05) is 46.6 Å². The number of nitrogens with one attached hydrogen (secondary N) is 2. The van der Waals surface area contributed by atoms with Crippen LogP contribution in [-0.2, 0) is 0 Å². The average molecular weight is 521 g/mol. The molecule has 3 amide bonds. The maximum absolute atomic E-state index is 13.9. The predicted octanol–water partition coefficient (Wildman–Crippen LogP) is 3.66. The Morgan fingerprint density at radius 2 is 1.97 bits per heavy atom. The van der Waals surface area contributed by atoms with Gasteiger partial charge in [0.25, 0.3) is 5.91 Å². The number of amides is 3. The molecule has 3 aromatic rings. The first kappa shape index (κ1) is 24.7. The Bertz CT molecular complexity index is 1360. The third-order valence-corrected chi connectivity index (χ3v) is 9.58. The highest BCUT2D eigenvalue weighted by molar-refractivity contribution is 8.01. The number of hydrogen-bond acceptors (Lipinski definition) is 6. The maximum atomic E-state index is 13.9. The number of hydrogen-bond donors (Lipinski definition) is 2. The van der Waals surface area contributed by atoms with Crippen molar-refractivity contribution in [3.8, 4) is 5.75 Å². The van der Waals surface area contributed by atoms with Crippen molar-refractivity contribution in [2.24, 2.45) is 0 Å². The van der Waals surface area contributed by atoms with Gasteiger partial charge in [-0.15, -0.1) is 23.1 Å². The molecule has 0 aliphatic carbocycles. The zero-order valence-corrected chi connectivity index (χ0v) is 22.2. The minimum absolute atomic E-state index is 0.112. The summed E-state index contributed by atoms with van der Waals surface area (Å²) in [5.74, 6) is 0.745. The zero-order valence-electron chi connectivity index (χ0n) is 20.6. The van der Waals surface area contributed by atoms with Crippen molar-refractivity contribution in [2.75, 3.05) is 32.1 Å². The normalized spacial score (nSPS) is 16.6. The van der Waals surface area contributed by atoms with Crippen molar-refractivity contribution < 1.29 is 19.1 Å². The molecule has 36 heavy (non-hydrogen) atoms. The lowest BCUT2D eigenvalue weighted by molar-refractivity contribution is 0.0699. The van der Waals surface area contributed by atoms with Gasteiger partial charge in [-0.25, -0.2) is 4.79 Å². The molecule has 2 aromatic carbocycles. The number of ether oxygens (including phenoxy) is 1. The molecule has 1 aromatic heterocycles. The number of ketones is 1. The number of anilines is 1. The first-order valence-corrected chi connectivity index (χ1v) is 13.7. The second kappa shape index (κ2) is 9.82. The molecule has 10 heteroatoms. The number of thiophene rings is 1. The van der Waals surface area contributed by atoms with Crippen LogP contribution in [0, 0.1) is 0 Å². The Morgan fingerprint density at radius 1 is 1.19 bits per heavy atom. The standard InChI is InChI=1S/C26H28BN3O4S2/c1-3-28-25(33)29-23-21(16-5-4-6-19(34-2)22(16)35-23)24(32)30-11-9-26(10-12-30)14-18(31)17-13-15(27)7-8-20(17)36-26/h4-8,13H,3,9-12,14,27H2,1-2H3,(H2,28,29,33). The summed E-state index contributed by atoms with van der Waals surface area (Å²) in [5, 5.41) is 6.88. The van der Waals surface area contributed by atoms with Crippen LogP contribution < -0.4 is 20.8 Å². The monoisotopic (exact) mass is 521 g/mol. The van der Waals surface area contributed by atoms with Gasteiger partial charge in [0.05, 0.1) is 17.4 Å². The molecular formula is C26H28BN3O4S2. The van der Waals surface area contributed by atoms with Crippen LogP contribution in [0.2, 0.25) is 0 Å². The van der Waals surface area contributed by atoms with Crippen LogP contribution in [0.15, 0.2) is 41.3 Å². The summed E-state index contributed by atoms with van der Waals surface area (Å²) < 4.78 is 6.16. The summed E-state index contributed by atoms with van der Waals surface area (Å²) in [6.07, 6.45) is 1.98. The largest absolute Gasteiger partial charge is 0.495 e. The Hall–Kier alpha value is -2.98. The average Bonchev–Trinajstić information content (AvgIpc) is 3.22. The van der Waals surface area contributed by atoms with Gasteiger partial charge in [-0.05, 0) is 31.9 Å². The number of thioether (sulfide) groups is 1. The van der Waals surface area contributed by atoms with E-state index in [1.54, 1.807) is 18.9 Å². The van der Waals surface area contributed by atoms with Crippen molar-refractivity contribution in [1.82, 2.24) is 10.2 Å². The lowest BCUT2D eigenvalue weighted by Gasteiger charge is -2.43. The molecule has 2 aliphatic rings. The Morgan fingerprint density at radius 3 is 2.69 bits per heavy atom. The summed E-state index contributed by atoms with van der Waals surface area (Å²) in [7, 11) is 3.60. The molecule has 0 atom stereocenters. The van der Waals surface area contributed by atoms with Crippen LogP contribution >= 0.6 is 23.1 Å². The fourth-order valence-corrected chi connectivity index (χ4v) is 7.68. The van der Waals surface area contributed by atoms with Crippen LogP contribution in [0.4, 0.5) is 9.80 Å². The lowest BCUT2D eigenvalue weighted by Crippen LogP contribution is -2.47. The van der Waals surface area contributed by atoms with E-state index < -0.39 is 0 Å². The summed E-state index contributed by atoms with van der Waals surface area (Å²) in [6.45, 7) is 3.44. The van der Waals surface area contributed by atoms with E-state index in [2.05, 4.69) is 22.8 Å². The van der Waals surface area contributed by atoms with E-state index >= 15 is 0 Å². The number of urea groups is 1. The molecule has 1 spiro atoms. The quantitative estimate of drug-likeness (QED) is 0.512. The molecule has 1 saturated heterocycles. The molecule has 0 bridgehead atoms. The van der Waals surface area contributed by atoms with Crippen LogP contribution in [-0.4, -0.2) is 62.0 Å². The highest BCUT2D eigenvalue weighted by Crippen LogP contribution is 2.49. The van der Waals surface area contributed by atoms with Gasteiger partial charge in [0.1, 0.15) is 18.6 Å². The number of rotatable bonds is 4. The molecule has 3 heterocycles. The van der Waals surface area contributed by atoms with Gasteiger partial charge in [-0.3, -0.25) is 14.9 Å². The number of fused-ring (bicyclic) bond motifs is 2. The van der Waals surface area contributed by atoms with Gasteiger partial charge in [0.15, 0.2) is 5.78 Å². The van der Waals surface area contributed by atoms with E-state index in [9.17, 15) is 14.4 Å². The molecule has 2 N–H and O–H groups in total. The predicted molar refractivity (Wildman–Crippen MR) is 148 cm³/mol. The van der Waals surface area contributed by atoms with E-state index in [0.29, 0.717) is 42.4 Å². The fraction of sp³-hybridized carbons (Fsp3) is 0.346. The summed E-state index contributed by atoms with van der Waals surface area (Å²) in [4.78, 5) is 42.1. The van der Waals surface area contributed by atoms with E-state index in [0.717, 1.165) is 38.8 Å². The highest BCUT2D eigenvalue weighted by atomic mass is 32.2. The Kier molecular flexibility index (Phi) is 6.74. The van der Waals surface area contributed by atoms with Crippen molar-refractivity contribution in [2.45, 2.75) is 35.8 Å². The lowest BCUT2D eigenvalue weighted by atomic mass is 9.86. The van der Waals surface area contributed by atoms with E-state index in [1.807, 2.05) is 43.9 Å². The van der Waals surface area contributed by atoms with Crippen LogP contribution in [0.3, 0.4) is 0 Å². The number of benzene rings is 2. The molecule has 5 rings (SSSR count). The summed E-state index contributed by atoms with van der Waals surface area (Å²) in [6, 6.07) is 11.3. The first-order chi connectivity index (χ1) is 17.3. The minimum Gasteiger partial charge on any atom is -0.495 e. The molecule has 1 fully saturated rings. The molecule has 186 valence electrons. The summed E-state index contributed by atoms with van der Waals surface area (Å²) in [5.41, 5.74) is 2.41. The smallest absolute Gasteiger partial charge is 0.319 e. The second-order valence-corrected chi connectivity index (χ2v) is 11.8. The first-order valence-electron chi connectivity index (χ1n) is 12.1. The third-order valence-electron chi connectivity index (χ3n) is 6.88. The fourth-order valence-electron chi connectivity index (χ4n) is 5.02. The zero-order chi connectivity index (χ0) is 25.4. The second-order valence-electron chi connectivity index (χ2n) is 9.30. The number of carbonyl (C=O) groups excluding carboxylic acids is 3.